The molecule has 0 saturated carbocycles. The first-order valence-corrected chi connectivity index (χ1v) is 6.31. The van der Waals surface area contributed by atoms with E-state index < -0.39 is 5.82 Å². The summed E-state index contributed by atoms with van der Waals surface area (Å²) in [6, 6.07) is 8.85. The van der Waals surface area contributed by atoms with Gasteiger partial charge in [-0.2, -0.15) is 0 Å². The van der Waals surface area contributed by atoms with Gasteiger partial charge in [-0.15, -0.1) is 0 Å². The van der Waals surface area contributed by atoms with Gasteiger partial charge in [-0.25, -0.2) is 13.8 Å². The number of anilines is 1. The first-order chi connectivity index (χ1) is 9.60. The zero-order chi connectivity index (χ0) is 14.3. The van der Waals surface area contributed by atoms with Crippen LogP contribution in [-0.4, -0.2) is 9.55 Å². The van der Waals surface area contributed by atoms with Crippen LogP contribution in [0.4, 0.5) is 14.5 Å². The molecule has 0 saturated heterocycles. The number of nitrogens with zero attached hydrogens (tertiary/aromatic N) is 2. The summed E-state index contributed by atoms with van der Waals surface area (Å²) in [4.78, 5) is 4.35. The second-order valence-electron chi connectivity index (χ2n) is 4.55. The van der Waals surface area contributed by atoms with Crippen molar-refractivity contribution in [3.63, 3.8) is 0 Å². The van der Waals surface area contributed by atoms with E-state index >= 15 is 0 Å². The molecule has 2 aromatic carbocycles. The molecule has 3 nitrogen and oxygen atoms in total. The number of nitrogen functional groups attached to an aromatic ring is 1. The number of aromatic nitrogens is 2. The average Bonchev–Trinajstić information content (AvgIpc) is 2.75. The Kier molecular flexibility index (Phi) is 2.89. The predicted molar refractivity (Wildman–Crippen MR) is 75.2 cm³/mol. The third-order valence-electron chi connectivity index (χ3n) is 3.26. The van der Waals surface area contributed by atoms with E-state index in [-0.39, 0.29) is 5.82 Å². The van der Waals surface area contributed by atoms with Gasteiger partial charge >= 0.3 is 0 Å². The molecule has 0 aliphatic carbocycles. The Labute approximate surface area is 114 Å². The minimum absolute atomic E-state index is 0.358. The number of imidazole rings is 1. The molecule has 20 heavy (non-hydrogen) atoms. The molecule has 1 heterocycles. The summed E-state index contributed by atoms with van der Waals surface area (Å²) in [5.41, 5.74) is 7.56. The number of halogens is 2. The zero-order valence-corrected chi connectivity index (χ0v) is 10.9. The molecule has 0 aliphatic heterocycles. The normalized spacial score (nSPS) is 11.2. The lowest BCUT2D eigenvalue weighted by Crippen LogP contribution is -1.99. The van der Waals surface area contributed by atoms with Crippen LogP contribution in [0, 0.1) is 11.6 Å². The van der Waals surface area contributed by atoms with Gasteiger partial charge < -0.3 is 10.3 Å². The molecule has 0 unspecified atom stereocenters. The van der Waals surface area contributed by atoms with Crippen LogP contribution < -0.4 is 5.73 Å². The SMILES string of the molecule is CCn1c(-c2ccc(N)cc2F)nc2cc(F)ccc21. The number of benzene rings is 2. The molecule has 1 aromatic heterocycles. The molecule has 0 radical (unpaired) electrons. The van der Waals surface area contributed by atoms with Crippen LogP contribution in [0.3, 0.4) is 0 Å². The van der Waals surface area contributed by atoms with Gasteiger partial charge in [-0.1, -0.05) is 0 Å². The Morgan fingerprint density at radius 3 is 2.65 bits per heavy atom. The lowest BCUT2D eigenvalue weighted by atomic mass is 10.2. The van der Waals surface area contributed by atoms with Gasteiger partial charge in [0.25, 0.3) is 0 Å². The second kappa shape index (κ2) is 4.59. The highest BCUT2D eigenvalue weighted by atomic mass is 19.1. The molecule has 3 rings (SSSR count). The molecule has 0 aliphatic rings. The fourth-order valence-electron chi connectivity index (χ4n) is 2.34. The van der Waals surface area contributed by atoms with Crippen molar-refractivity contribution in [2.45, 2.75) is 13.5 Å². The van der Waals surface area contributed by atoms with Crippen molar-refractivity contribution < 1.29 is 8.78 Å². The summed E-state index contributed by atoms with van der Waals surface area (Å²) in [5.74, 6) is -0.316. The first kappa shape index (κ1) is 12.6. The maximum Gasteiger partial charge on any atom is 0.144 e. The Bertz CT molecular complexity index is 793. The van der Waals surface area contributed by atoms with E-state index in [4.69, 9.17) is 5.73 Å². The Hall–Kier alpha value is -2.43. The number of fused-ring (bicyclic) bond motifs is 1. The van der Waals surface area contributed by atoms with E-state index in [1.54, 1.807) is 18.2 Å². The molecule has 0 atom stereocenters. The summed E-state index contributed by atoms with van der Waals surface area (Å²) >= 11 is 0. The van der Waals surface area contributed by atoms with Crippen LogP contribution in [0.5, 0.6) is 0 Å². The summed E-state index contributed by atoms with van der Waals surface area (Å²) in [6.45, 7) is 2.55. The van der Waals surface area contributed by atoms with Crippen LogP contribution in [0.15, 0.2) is 36.4 Å². The summed E-state index contributed by atoms with van der Waals surface area (Å²) in [6.07, 6.45) is 0. The first-order valence-electron chi connectivity index (χ1n) is 6.31. The smallest absolute Gasteiger partial charge is 0.144 e. The second-order valence-corrected chi connectivity index (χ2v) is 4.55. The van der Waals surface area contributed by atoms with Crippen LogP contribution in [0.1, 0.15) is 6.92 Å². The van der Waals surface area contributed by atoms with Crippen LogP contribution in [0.2, 0.25) is 0 Å². The molecular formula is C15H13F2N3. The molecule has 0 spiro atoms. The van der Waals surface area contributed by atoms with Gasteiger partial charge in [0, 0.05) is 18.3 Å². The number of hydrogen-bond donors (Lipinski definition) is 1. The number of aryl methyl sites for hydroxylation is 1. The van der Waals surface area contributed by atoms with Crippen molar-refractivity contribution in [3.05, 3.63) is 48.0 Å². The number of rotatable bonds is 2. The highest BCUT2D eigenvalue weighted by Crippen LogP contribution is 2.28. The van der Waals surface area contributed by atoms with E-state index in [0.29, 0.717) is 29.1 Å². The molecule has 0 bridgehead atoms. The van der Waals surface area contributed by atoms with E-state index in [2.05, 4.69) is 4.98 Å². The van der Waals surface area contributed by atoms with E-state index in [0.717, 1.165) is 5.52 Å². The van der Waals surface area contributed by atoms with Crippen LogP contribution >= 0.6 is 0 Å². The van der Waals surface area contributed by atoms with Crippen molar-refractivity contribution in [1.82, 2.24) is 9.55 Å². The van der Waals surface area contributed by atoms with Gasteiger partial charge in [-0.05, 0) is 37.3 Å². The standard InChI is InChI=1S/C15H13F2N3/c1-2-20-14-6-3-9(16)7-13(14)19-15(20)11-5-4-10(18)8-12(11)17/h3-8H,2,18H2,1H3. The lowest BCUT2D eigenvalue weighted by Gasteiger charge is -2.07. The van der Waals surface area contributed by atoms with Crippen molar-refractivity contribution >= 4 is 16.7 Å². The minimum Gasteiger partial charge on any atom is -0.399 e. The monoisotopic (exact) mass is 273 g/mol. The fraction of sp³-hybridized carbons (Fsp3) is 0.133. The van der Waals surface area contributed by atoms with Crippen molar-refractivity contribution in [2.24, 2.45) is 0 Å². The van der Waals surface area contributed by atoms with E-state index in [1.165, 1.54) is 18.2 Å². The predicted octanol–water partition coefficient (Wildman–Crippen LogP) is 3.58. The maximum atomic E-state index is 14.1. The highest BCUT2D eigenvalue weighted by Gasteiger charge is 2.15. The van der Waals surface area contributed by atoms with Crippen LogP contribution in [-0.2, 0) is 6.54 Å². The zero-order valence-electron chi connectivity index (χ0n) is 10.9. The Morgan fingerprint density at radius 1 is 1.15 bits per heavy atom. The van der Waals surface area contributed by atoms with Crippen molar-refractivity contribution in [3.8, 4) is 11.4 Å². The summed E-state index contributed by atoms with van der Waals surface area (Å²) in [7, 11) is 0. The van der Waals surface area contributed by atoms with Crippen molar-refractivity contribution in [2.75, 3.05) is 5.73 Å². The topological polar surface area (TPSA) is 43.8 Å². The molecule has 102 valence electrons. The number of hydrogen-bond acceptors (Lipinski definition) is 2. The van der Waals surface area contributed by atoms with Gasteiger partial charge in [0.1, 0.15) is 17.5 Å². The molecule has 0 amide bonds. The largest absolute Gasteiger partial charge is 0.399 e. The lowest BCUT2D eigenvalue weighted by molar-refractivity contribution is 0.628. The Balaban J connectivity index is 2.30. The fourth-order valence-corrected chi connectivity index (χ4v) is 2.34. The van der Waals surface area contributed by atoms with Gasteiger partial charge in [0.15, 0.2) is 0 Å². The summed E-state index contributed by atoms with van der Waals surface area (Å²) in [5, 5.41) is 0. The highest BCUT2D eigenvalue weighted by molar-refractivity contribution is 5.81. The molecule has 5 heteroatoms. The van der Waals surface area contributed by atoms with Gasteiger partial charge in [0.2, 0.25) is 0 Å². The Morgan fingerprint density at radius 2 is 1.95 bits per heavy atom. The number of nitrogens with two attached hydrogens (primary N) is 1. The van der Waals surface area contributed by atoms with E-state index in [1.807, 2.05) is 11.5 Å². The van der Waals surface area contributed by atoms with Crippen molar-refractivity contribution in [1.29, 1.82) is 0 Å². The quantitative estimate of drug-likeness (QED) is 0.725. The third-order valence-corrected chi connectivity index (χ3v) is 3.26. The maximum absolute atomic E-state index is 14.1. The van der Waals surface area contributed by atoms with Crippen LogP contribution in [0.25, 0.3) is 22.4 Å². The molecular weight excluding hydrogens is 260 g/mol. The molecule has 0 fully saturated rings. The molecule has 2 N–H and O–H groups in total. The van der Waals surface area contributed by atoms with Gasteiger partial charge in [-0.3, -0.25) is 0 Å². The third kappa shape index (κ3) is 1.91. The van der Waals surface area contributed by atoms with E-state index in [9.17, 15) is 8.78 Å². The minimum atomic E-state index is -0.435. The average molecular weight is 273 g/mol. The molecule has 3 aromatic rings. The summed E-state index contributed by atoms with van der Waals surface area (Å²) < 4.78 is 29.2. The van der Waals surface area contributed by atoms with Gasteiger partial charge in [0.05, 0.1) is 16.6 Å².